The van der Waals surface area contributed by atoms with Crippen molar-refractivity contribution in [3.8, 4) is 0 Å². The smallest absolute Gasteiger partial charge is 0.224 e. The van der Waals surface area contributed by atoms with E-state index < -0.39 is 23.8 Å². The summed E-state index contributed by atoms with van der Waals surface area (Å²) in [6, 6.07) is 12.8. The van der Waals surface area contributed by atoms with Gasteiger partial charge < -0.3 is 15.7 Å². The summed E-state index contributed by atoms with van der Waals surface area (Å²) in [5.41, 5.74) is 4.97. The minimum absolute atomic E-state index is 0.0948. The van der Waals surface area contributed by atoms with E-state index in [0.717, 1.165) is 37.3 Å². The molecule has 0 saturated heterocycles. The highest BCUT2D eigenvalue weighted by atomic mass is 19.1. The molecule has 1 aliphatic carbocycles. The number of nitrogens with one attached hydrogen (secondary N) is 2. The van der Waals surface area contributed by atoms with Crippen LogP contribution in [-0.2, 0) is 30.5 Å². The van der Waals surface area contributed by atoms with Crippen LogP contribution in [-0.4, -0.2) is 34.7 Å². The predicted octanol–water partition coefficient (Wildman–Crippen LogP) is 4.22. The molecule has 0 saturated carbocycles. The van der Waals surface area contributed by atoms with Gasteiger partial charge >= 0.3 is 0 Å². The van der Waals surface area contributed by atoms with Crippen molar-refractivity contribution in [3.05, 3.63) is 100 Å². The van der Waals surface area contributed by atoms with E-state index in [4.69, 9.17) is 0 Å². The Morgan fingerprint density at radius 2 is 1.92 bits per heavy atom. The van der Waals surface area contributed by atoms with Crippen molar-refractivity contribution >= 4 is 5.91 Å². The molecule has 2 aromatic carbocycles. The lowest BCUT2D eigenvalue weighted by molar-refractivity contribution is -0.122. The Morgan fingerprint density at radius 1 is 1.11 bits per heavy atom. The van der Waals surface area contributed by atoms with Crippen LogP contribution in [0.1, 0.15) is 53.6 Å². The zero-order chi connectivity index (χ0) is 25.5. The molecule has 0 spiro atoms. The lowest BCUT2D eigenvalue weighted by Gasteiger charge is -2.30. The number of hydrogen-bond donors (Lipinski definition) is 3. The fourth-order valence-corrected chi connectivity index (χ4v) is 4.90. The molecule has 3 aromatic rings. The Morgan fingerprint density at radius 3 is 2.64 bits per heavy atom. The van der Waals surface area contributed by atoms with Gasteiger partial charge in [-0.15, -0.1) is 0 Å². The van der Waals surface area contributed by atoms with Crippen molar-refractivity contribution in [2.75, 3.05) is 6.54 Å². The highest BCUT2D eigenvalue weighted by Crippen LogP contribution is 2.30. The predicted molar refractivity (Wildman–Crippen MR) is 135 cm³/mol. The third-order valence-corrected chi connectivity index (χ3v) is 6.78. The standard InChI is InChI=1S/C29H33F2N3O2/c1-2-19-8-9-22-6-3-7-26(25(22)13-19)33-18-28(35)27(14-21-11-23(30)16-24(31)12-21)34-29(36)15-20-5-4-10-32-17-20/h4-5,8-13,16-17,26-28,33,35H,2-3,6-7,14-15,18H2,1H3,(H,34,36)/t26-,27+,28-/m1/s1. The first-order valence-corrected chi connectivity index (χ1v) is 12.6. The monoisotopic (exact) mass is 493 g/mol. The number of aliphatic hydroxyl groups is 1. The molecule has 1 aromatic heterocycles. The fraction of sp³-hybridized carbons (Fsp3) is 0.379. The first-order chi connectivity index (χ1) is 17.4. The lowest BCUT2D eigenvalue weighted by Crippen LogP contribution is -2.49. The van der Waals surface area contributed by atoms with Gasteiger partial charge in [0.1, 0.15) is 11.6 Å². The van der Waals surface area contributed by atoms with Gasteiger partial charge in [-0.1, -0.05) is 31.2 Å². The van der Waals surface area contributed by atoms with E-state index in [-0.39, 0.29) is 31.3 Å². The summed E-state index contributed by atoms with van der Waals surface area (Å²) in [5, 5.41) is 17.5. The van der Waals surface area contributed by atoms with E-state index in [0.29, 0.717) is 5.56 Å². The van der Waals surface area contributed by atoms with Crippen LogP contribution in [0.25, 0.3) is 0 Å². The number of carbonyl (C=O) groups excluding carboxylic acids is 1. The number of pyridine rings is 1. The van der Waals surface area contributed by atoms with E-state index in [9.17, 15) is 18.7 Å². The molecular formula is C29H33F2N3O2. The average molecular weight is 494 g/mol. The number of halogens is 2. The zero-order valence-corrected chi connectivity index (χ0v) is 20.5. The SMILES string of the molecule is CCc1ccc2c(c1)[C@H](NC[C@@H](O)[C@H](Cc1cc(F)cc(F)c1)NC(=O)Cc1cccnc1)CCC2. The van der Waals surface area contributed by atoms with Gasteiger partial charge in [-0.25, -0.2) is 8.78 Å². The van der Waals surface area contributed by atoms with Gasteiger partial charge in [0.15, 0.2) is 0 Å². The summed E-state index contributed by atoms with van der Waals surface area (Å²) in [6.07, 6.45) is 6.48. The largest absolute Gasteiger partial charge is 0.390 e. The molecule has 3 N–H and O–H groups in total. The molecule has 0 radical (unpaired) electrons. The van der Waals surface area contributed by atoms with E-state index in [1.165, 1.54) is 28.8 Å². The summed E-state index contributed by atoms with van der Waals surface area (Å²) in [6.45, 7) is 2.36. The minimum atomic E-state index is -0.964. The van der Waals surface area contributed by atoms with Crippen LogP contribution in [0, 0.1) is 11.6 Å². The molecule has 7 heteroatoms. The van der Waals surface area contributed by atoms with Crippen molar-refractivity contribution in [2.45, 2.75) is 63.6 Å². The van der Waals surface area contributed by atoms with Gasteiger partial charge in [-0.3, -0.25) is 9.78 Å². The Balaban J connectivity index is 1.47. The molecule has 3 atom stereocenters. The number of aryl methyl sites for hydroxylation is 2. The number of carbonyl (C=O) groups is 1. The number of hydrogen-bond acceptors (Lipinski definition) is 4. The number of aromatic nitrogens is 1. The van der Waals surface area contributed by atoms with E-state index in [1.54, 1.807) is 24.5 Å². The van der Waals surface area contributed by atoms with Crippen molar-refractivity contribution in [1.29, 1.82) is 0 Å². The van der Waals surface area contributed by atoms with Gasteiger partial charge in [-0.05, 0) is 78.1 Å². The Labute approximate surface area is 211 Å². The summed E-state index contributed by atoms with van der Waals surface area (Å²) in [4.78, 5) is 16.8. The van der Waals surface area contributed by atoms with E-state index >= 15 is 0 Å². The molecule has 0 aliphatic heterocycles. The van der Waals surface area contributed by atoms with Crippen molar-refractivity contribution < 1.29 is 18.7 Å². The second kappa shape index (κ2) is 12.2. The highest BCUT2D eigenvalue weighted by molar-refractivity contribution is 5.78. The highest BCUT2D eigenvalue weighted by Gasteiger charge is 2.26. The van der Waals surface area contributed by atoms with Gasteiger partial charge in [0.05, 0.1) is 18.6 Å². The first-order valence-electron chi connectivity index (χ1n) is 12.6. The number of fused-ring (bicyclic) bond motifs is 1. The van der Waals surface area contributed by atoms with Crippen LogP contribution in [0.15, 0.2) is 60.9 Å². The quantitative estimate of drug-likeness (QED) is 0.395. The van der Waals surface area contributed by atoms with Crippen LogP contribution < -0.4 is 10.6 Å². The molecule has 0 fully saturated rings. The summed E-state index contributed by atoms with van der Waals surface area (Å²) in [5.74, 6) is -1.67. The molecule has 5 nitrogen and oxygen atoms in total. The molecule has 4 rings (SSSR count). The molecule has 1 amide bonds. The molecule has 0 bridgehead atoms. The van der Waals surface area contributed by atoms with Crippen molar-refractivity contribution in [2.24, 2.45) is 0 Å². The molecular weight excluding hydrogens is 460 g/mol. The van der Waals surface area contributed by atoms with Gasteiger partial charge in [0.2, 0.25) is 5.91 Å². The fourth-order valence-electron chi connectivity index (χ4n) is 4.90. The Bertz CT molecular complexity index is 1150. The Kier molecular flexibility index (Phi) is 8.78. The minimum Gasteiger partial charge on any atom is -0.390 e. The normalized spacial score (nSPS) is 16.7. The number of aliphatic hydroxyl groups excluding tert-OH is 1. The van der Waals surface area contributed by atoms with Crippen molar-refractivity contribution in [1.82, 2.24) is 15.6 Å². The molecule has 1 aliphatic rings. The second-order valence-corrected chi connectivity index (χ2v) is 9.50. The number of amides is 1. The van der Waals surface area contributed by atoms with Gasteiger partial charge in [0, 0.05) is 31.0 Å². The third kappa shape index (κ3) is 6.95. The lowest BCUT2D eigenvalue weighted by atomic mass is 9.86. The third-order valence-electron chi connectivity index (χ3n) is 6.78. The number of rotatable bonds is 10. The number of nitrogens with zero attached hydrogens (tertiary/aromatic N) is 1. The summed E-state index contributed by atoms with van der Waals surface area (Å²) >= 11 is 0. The molecule has 0 unspecified atom stereocenters. The average Bonchev–Trinajstić information content (AvgIpc) is 2.86. The van der Waals surface area contributed by atoms with Gasteiger partial charge in [0.25, 0.3) is 0 Å². The van der Waals surface area contributed by atoms with Crippen molar-refractivity contribution in [3.63, 3.8) is 0 Å². The first kappa shape index (κ1) is 25.9. The maximum atomic E-state index is 13.8. The van der Waals surface area contributed by atoms with Crippen LogP contribution in [0.3, 0.4) is 0 Å². The molecule has 190 valence electrons. The maximum Gasteiger partial charge on any atom is 0.224 e. The zero-order valence-electron chi connectivity index (χ0n) is 20.5. The summed E-state index contributed by atoms with van der Waals surface area (Å²) < 4.78 is 27.6. The van der Waals surface area contributed by atoms with Crippen LogP contribution in [0.4, 0.5) is 8.78 Å². The second-order valence-electron chi connectivity index (χ2n) is 9.50. The van der Waals surface area contributed by atoms with E-state index in [1.807, 2.05) is 0 Å². The Hall–Kier alpha value is -3.16. The maximum absolute atomic E-state index is 13.8. The topological polar surface area (TPSA) is 74.2 Å². The summed E-state index contributed by atoms with van der Waals surface area (Å²) in [7, 11) is 0. The molecule has 1 heterocycles. The van der Waals surface area contributed by atoms with Gasteiger partial charge in [-0.2, -0.15) is 0 Å². The van der Waals surface area contributed by atoms with Crippen LogP contribution >= 0.6 is 0 Å². The van der Waals surface area contributed by atoms with Crippen LogP contribution in [0.5, 0.6) is 0 Å². The van der Waals surface area contributed by atoms with Crippen LogP contribution in [0.2, 0.25) is 0 Å². The van der Waals surface area contributed by atoms with E-state index in [2.05, 4.69) is 40.7 Å². The number of benzene rings is 2. The molecule has 36 heavy (non-hydrogen) atoms.